The van der Waals surface area contributed by atoms with E-state index in [-0.39, 0.29) is 29.0 Å². The molecule has 2 heterocycles. The summed E-state index contributed by atoms with van der Waals surface area (Å²) in [4.78, 5) is 37.5. The van der Waals surface area contributed by atoms with Crippen molar-refractivity contribution in [1.82, 2.24) is 15.5 Å². The topological polar surface area (TPSA) is 91.7 Å². The van der Waals surface area contributed by atoms with Crippen molar-refractivity contribution in [3.63, 3.8) is 0 Å². The first-order valence-corrected chi connectivity index (χ1v) is 8.44. The van der Waals surface area contributed by atoms with Crippen LogP contribution in [-0.2, 0) is 4.79 Å². The SMILES string of the molecule is Cc1cc(=O)cc(C(=O)NC2CCN(CC(=O)NC3CC3)CC2)o1. The van der Waals surface area contributed by atoms with Crippen LogP contribution in [0.5, 0.6) is 0 Å². The molecule has 130 valence electrons. The zero-order valence-electron chi connectivity index (χ0n) is 13.8. The van der Waals surface area contributed by atoms with Crippen LogP contribution in [0.25, 0.3) is 0 Å². The van der Waals surface area contributed by atoms with Gasteiger partial charge in [-0.25, -0.2) is 0 Å². The fourth-order valence-electron chi connectivity index (χ4n) is 2.91. The van der Waals surface area contributed by atoms with E-state index in [0.717, 1.165) is 38.8 Å². The van der Waals surface area contributed by atoms with Crippen LogP contribution in [-0.4, -0.2) is 48.4 Å². The van der Waals surface area contributed by atoms with Gasteiger partial charge < -0.3 is 15.1 Å². The fraction of sp³-hybridized carbons (Fsp3) is 0.588. The van der Waals surface area contributed by atoms with E-state index >= 15 is 0 Å². The van der Waals surface area contributed by atoms with Gasteiger partial charge in [0.15, 0.2) is 11.2 Å². The smallest absolute Gasteiger partial charge is 0.287 e. The molecule has 7 nitrogen and oxygen atoms in total. The molecule has 24 heavy (non-hydrogen) atoms. The summed E-state index contributed by atoms with van der Waals surface area (Å²) < 4.78 is 5.30. The number of amides is 2. The molecule has 1 saturated heterocycles. The Labute approximate surface area is 140 Å². The summed E-state index contributed by atoms with van der Waals surface area (Å²) >= 11 is 0. The maximum atomic E-state index is 12.2. The van der Waals surface area contributed by atoms with Gasteiger partial charge in [-0.1, -0.05) is 0 Å². The minimum atomic E-state index is -0.360. The molecular weight excluding hydrogens is 310 g/mol. The highest BCUT2D eigenvalue weighted by Gasteiger charge is 2.26. The zero-order valence-corrected chi connectivity index (χ0v) is 13.8. The van der Waals surface area contributed by atoms with E-state index in [2.05, 4.69) is 15.5 Å². The second-order valence-corrected chi connectivity index (χ2v) is 6.63. The van der Waals surface area contributed by atoms with Gasteiger partial charge in [0.2, 0.25) is 5.91 Å². The van der Waals surface area contributed by atoms with Crippen LogP contribution in [0.3, 0.4) is 0 Å². The molecule has 1 aromatic rings. The van der Waals surface area contributed by atoms with E-state index in [4.69, 9.17) is 4.42 Å². The van der Waals surface area contributed by atoms with E-state index in [1.807, 2.05) is 0 Å². The van der Waals surface area contributed by atoms with E-state index in [9.17, 15) is 14.4 Å². The van der Waals surface area contributed by atoms with Crippen LogP contribution < -0.4 is 16.1 Å². The molecular formula is C17H23N3O4. The summed E-state index contributed by atoms with van der Waals surface area (Å²) in [5.74, 6) is 0.192. The number of likely N-dealkylation sites (tertiary alicyclic amines) is 1. The van der Waals surface area contributed by atoms with Crippen molar-refractivity contribution in [3.8, 4) is 0 Å². The number of nitrogens with one attached hydrogen (secondary N) is 2. The Balaban J connectivity index is 1.45. The Morgan fingerprint density at radius 1 is 1.12 bits per heavy atom. The van der Waals surface area contributed by atoms with Gasteiger partial charge in [0, 0.05) is 37.3 Å². The lowest BCUT2D eigenvalue weighted by Crippen LogP contribution is -2.47. The van der Waals surface area contributed by atoms with Crippen LogP contribution in [0.1, 0.15) is 42.0 Å². The minimum Gasteiger partial charge on any atom is -0.456 e. The Morgan fingerprint density at radius 3 is 2.42 bits per heavy atom. The normalized spacial score (nSPS) is 19.0. The van der Waals surface area contributed by atoms with Gasteiger partial charge in [-0.05, 0) is 32.6 Å². The average molecular weight is 333 g/mol. The third kappa shape index (κ3) is 4.67. The van der Waals surface area contributed by atoms with Gasteiger partial charge in [-0.2, -0.15) is 0 Å². The number of hydrogen-bond acceptors (Lipinski definition) is 5. The van der Waals surface area contributed by atoms with Crippen LogP contribution in [0.2, 0.25) is 0 Å². The van der Waals surface area contributed by atoms with Crippen LogP contribution in [0.4, 0.5) is 0 Å². The largest absolute Gasteiger partial charge is 0.456 e. The monoisotopic (exact) mass is 333 g/mol. The van der Waals surface area contributed by atoms with Crippen LogP contribution in [0, 0.1) is 6.92 Å². The summed E-state index contributed by atoms with van der Waals surface area (Å²) in [6.07, 6.45) is 3.74. The second-order valence-electron chi connectivity index (χ2n) is 6.63. The summed E-state index contributed by atoms with van der Waals surface area (Å²) in [5, 5.41) is 5.89. The number of carbonyl (C=O) groups is 2. The summed E-state index contributed by atoms with van der Waals surface area (Å²) in [5.41, 5.74) is -0.236. The van der Waals surface area contributed by atoms with Crippen molar-refractivity contribution < 1.29 is 14.0 Å². The summed E-state index contributed by atoms with van der Waals surface area (Å²) in [7, 11) is 0. The van der Waals surface area contributed by atoms with Crippen molar-refractivity contribution >= 4 is 11.8 Å². The molecule has 2 amide bonds. The van der Waals surface area contributed by atoms with E-state index in [1.165, 1.54) is 12.1 Å². The molecule has 0 radical (unpaired) electrons. The predicted molar refractivity (Wildman–Crippen MR) is 87.8 cm³/mol. The molecule has 3 rings (SSSR count). The van der Waals surface area contributed by atoms with Crippen molar-refractivity contribution in [2.24, 2.45) is 0 Å². The molecule has 1 aliphatic heterocycles. The average Bonchev–Trinajstić information content (AvgIpc) is 3.32. The molecule has 7 heteroatoms. The first-order chi connectivity index (χ1) is 11.5. The Bertz CT molecular complexity index is 673. The Morgan fingerprint density at radius 2 is 1.79 bits per heavy atom. The Hall–Kier alpha value is -2.15. The Kier molecular flexibility index (Phi) is 4.99. The molecule has 0 spiro atoms. The van der Waals surface area contributed by atoms with Crippen LogP contribution in [0.15, 0.2) is 21.3 Å². The number of aryl methyl sites for hydroxylation is 1. The highest BCUT2D eigenvalue weighted by Crippen LogP contribution is 2.18. The van der Waals surface area contributed by atoms with Gasteiger partial charge >= 0.3 is 0 Å². The molecule has 0 aromatic carbocycles. The number of rotatable bonds is 5. The quantitative estimate of drug-likeness (QED) is 0.815. The maximum absolute atomic E-state index is 12.2. The number of hydrogen-bond donors (Lipinski definition) is 2. The van der Waals surface area contributed by atoms with Crippen molar-refractivity contribution in [2.45, 2.75) is 44.7 Å². The molecule has 0 atom stereocenters. The highest BCUT2D eigenvalue weighted by atomic mass is 16.3. The van der Waals surface area contributed by atoms with Crippen LogP contribution >= 0.6 is 0 Å². The van der Waals surface area contributed by atoms with Crippen molar-refractivity contribution in [2.75, 3.05) is 19.6 Å². The lowest BCUT2D eigenvalue weighted by atomic mass is 10.0. The van der Waals surface area contributed by atoms with Crippen molar-refractivity contribution in [3.05, 3.63) is 33.9 Å². The molecule has 1 saturated carbocycles. The standard InChI is InChI=1S/C17H23N3O4/c1-11-8-14(21)9-15(24-11)17(23)19-13-4-6-20(7-5-13)10-16(22)18-12-2-3-12/h8-9,12-13H,2-7,10H2,1H3,(H,18,22)(H,19,23). The van der Waals surface area contributed by atoms with E-state index in [1.54, 1.807) is 6.92 Å². The third-order valence-electron chi connectivity index (χ3n) is 4.35. The highest BCUT2D eigenvalue weighted by molar-refractivity contribution is 5.91. The molecule has 2 aliphatic rings. The number of carbonyl (C=O) groups excluding carboxylic acids is 2. The van der Waals surface area contributed by atoms with Gasteiger partial charge in [0.05, 0.1) is 6.54 Å². The first kappa shape index (κ1) is 16.7. The second kappa shape index (κ2) is 7.17. The van der Waals surface area contributed by atoms with Gasteiger partial charge in [0.25, 0.3) is 5.91 Å². The zero-order chi connectivity index (χ0) is 17.1. The van der Waals surface area contributed by atoms with Gasteiger partial charge in [0.1, 0.15) is 5.76 Å². The predicted octanol–water partition coefficient (Wildman–Crippen LogP) is 0.421. The summed E-state index contributed by atoms with van der Waals surface area (Å²) in [6, 6.07) is 2.98. The maximum Gasteiger partial charge on any atom is 0.287 e. The lowest BCUT2D eigenvalue weighted by Gasteiger charge is -2.31. The minimum absolute atomic E-state index is 0.0334. The van der Waals surface area contributed by atoms with E-state index in [0.29, 0.717) is 18.3 Å². The first-order valence-electron chi connectivity index (χ1n) is 8.44. The molecule has 2 fully saturated rings. The molecule has 1 aromatic heterocycles. The fourth-order valence-corrected chi connectivity index (χ4v) is 2.91. The lowest BCUT2D eigenvalue weighted by molar-refractivity contribution is -0.122. The van der Waals surface area contributed by atoms with Crippen molar-refractivity contribution in [1.29, 1.82) is 0 Å². The molecule has 0 bridgehead atoms. The molecule has 0 unspecified atom stereocenters. The molecule has 1 aliphatic carbocycles. The number of nitrogens with zero attached hydrogens (tertiary/aromatic N) is 1. The van der Waals surface area contributed by atoms with E-state index < -0.39 is 0 Å². The number of piperidine rings is 1. The van der Waals surface area contributed by atoms with Gasteiger partial charge in [-0.15, -0.1) is 0 Å². The summed E-state index contributed by atoms with van der Waals surface area (Å²) in [6.45, 7) is 3.59. The van der Waals surface area contributed by atoms with Gasteiger partial charge in [-0.3, -0.25) is 19.3 Å². The molecule has 2 N–H and O–H groups in total. The third-order valence-corrected chi connectivity index (χ3v) is 4.35.